The van der Waals surface area contributed by atoms with Gasteiger partial charge >= 0.3 is 0 Å². The largest absolute Gasteiger partial charge is 0.295 e. The molecular weight excluding hydrogens is 198 g/mol. The number of carbonyl (C=O) groups excluding carboxylic acids is 1. The lowest BCUT2D eigenvalue weighted by Gasteiger charge is -1.87. The van der Waals surface area contributed by atoms with E-state index < -0.39 is 0 Å². The number of nitrogens with zero attached hydrogens (tertiary/aromatic N) is 1. The molecule has 16 heavy (non-hydrogen) atoms. The molecule has 0 fully saturated rings. The van der Waals surface area contributed by atoms with E-state index in [1.165, 1.54) is 5.57 Å². The Kier molecular flexibility index (Phi) is 5.56. The molecule has 1 aromatic rings. The maximum atomic E-state index is 10.5. The van der Waals surface area contributed by atoms with Gasteiger partial charge in [-0.1, -0.05) is 30.4 Å². The Labute approximate surface area is 97.5 Å². The molecule has 0 aliphatic heterocycles. The normalized spacial score (nSPS) is 13.2. The van der Waals surface area contributed by atoms with Crippen LogP contribution in [-0.4, -0.2) is 10.8 Å². The van der Waals surface area contributed by atoms with E-state index in [4.69, 9.17) is 0 Å². The van der Waals surface area contributed by atoms with Gasteiger partial charge in [-0.2, -0.15) is 0 Å². The third-order valence-corrected chi connectivity index (χ3v) is 1.90. The van der Waals surface area contributed by atoms with Crippen LogP contribution in [0.15, 0.2) is 66.5 Å². The van der Waals surface area contributed by atoms with E-state index in [1.54, 1.807) is 25.4 Å². The second-order valence-electron chi connectivity index (χ2n) is 3.34. The minimum atomic E-state index is 0. The fraction of sp³-hybridized carbons (Fsp3) is 0.143. The Morgan fingerprint density at radius 2 is 2.12 bits per heavy atom. The zero-order valence-corrected chi connectivity index (χ0v) is 9.34. The van der Waals surface area contributed by atoms with Crippen molar-refractivity contribution in [2.45, 2.75) is 13.3 Å². The summed E-state index contributed by atoms with van der Waals surface area (Å²) in [4.78, 5) is 14.3. The molecule has 0 saturated heterocycles. The third kappa shape index (κ3) is 5.70. The summed E-state index contributed by atoms with van der Waals surface area (Å²) in [6.07, 6.45) is 14.0. The number of hydrogen-bond acceptors (Lipinski definition) is 2. The van der Waals surface area contributed by atoms with Gasteiger partial charge in [0.25, 0.3) is 0 Å². The van der Waals surface area contributed by atoms with Crippen molar-refractivity contribution in [1.82, 2.24) is 4.98 Å². The summed E-state index contributed by atoms with van der Waals surface area (Å²) in [5.74, 6) is 0.104. The van der Waals surface area contributed by atoms with Crippen LogP contribution >= 0.6 is 0 Å². The molecular formula is C14H17NO. The topological polar surface area (TPSA) is 30.0 Å². The molecule has 2 nitrogen and oxygen atoms in total. The van der Waals surface area contributed by atoms with E-state index in [9.17, 15) is 4.79 Å². The molecule has 1 heterocycles. The first-order valence-corrected chi connectivity index (χ1v) is 5.18. The number of rotatable bonds is 2. The van der Waals surface area contributed by atoms with Crippen LogP contribution in [0.25, 0.3) is 0 Å². The predicted octanol–water partition coefficient (Wildman–Crippen LogP) is 3.35. The Morgan fingerprint density at radius 3 is 2.50 bits per heavy atom. The SMILES string of the molecule is CC(=O)/C=C/C1=CC=CC1.[2HH].c1ccncc1. The molecule has 0 spiro atoms. The van der Waals surface area contributed by atoms with Crippen molar-refractivity contribution in [3.63, 3.8) is 0 Å². The Morgan fingerprint density at radius 1 is 1.38 bits per heavy atom. The van der Waals surface area contributed by atoms with Gasteiger partial charge in [-0.25, -0.2) is 0 Å². The molecule has 0 bridgehead atoms. The summed E-state index contributed by atoms with van der Waals surface area (Å²) in [6, 6.07) is 5.72. The standard InChI is InChI=1S/C9H10O.C5H5N.H2/c1-8(10)6-7-9-4-2-3-5-9;1-2-4-6-5-3-1;/h2-4,6-7H,5H2,1H3;1-5H;1H/b7-6+;;/i;;1+1. The van der Waals surface area contributed by atoms with E-state index in [0.29, 0.717) is 0 Å². The number of allylic oxidation sites excluding steroid dienone is 6. The van der Waals surface area contributed by atoms with Gasteiger partial charge in [0.2, 0.25) is 0 Å². The molecule has 0 radical (unpaired) electrons. The molecule has 0 amide bonds. The molecule has 84 valence electrons. The average Bonchev–Trinajstić information content (AvgIpc) is 2.82. The average molecular weight is 216 g/mol. The van der Waals surface area contributed by atoms with Crippen LogP contribution in [0.2, 0.25) is 0 Å². The van der Waals surface area contributed by atoms with E-state index >= 15 is 0 Å². The highest BCUT2D eigenvalue weighted by atomic mass is 16.1. The van der Waals surface area contributed by atoms with Crippen molar-refractivity contribution in [2.75, 3.05) is 0 Å². The molecule has 0 N–H and O–H groups in total. The van der Waals surface area contributed by atoms with Gasteiger partial charge in [0.1, 0.15) is 0 Å². The van der Waals surface area contributed by atoms with E-state index in [1.807, 2.05) is 36.4 Å². The van der Waals surface area contributed by atoms with Crippen LogP contribution in [0.1, 0.15) is 14.8 Å². The van der Waals surface area contributed by atoms with Crippen LogP contribution in [0.4, 0.5) is 0 Å². The maximum Gasteiger partial charge on any atom is 0.152 e. The smallest absolute Gasteiger partial charge is 0.152 e. The van der Waals surface area contributed by atoms with E-state index in [2.05, 4.69) is 11.1 Å². The zero-order valence-electron chi connectivity index (χ0n) is 9.34. The van der Waals surface area contributed by atoms with Gasteiger partial charge in [0, 0.05) is 13.8 Å². The molecule has 0 aromatic carbocycles. The molecule has 0 saturated carbocycles. The maximum absolute atomic E-state index is 10.5. The van der Waals surface area contributed by atoms with Crippen LogP contribution < -0.4 is 0 Å². The van der Waals surface area contributed by atoms with Crippen LogP contribution in [0.3, 0.4) is 0 Å². The summed E-state index contributed by atoms with van der Waals surface area (Å²) in [5, 5.41) is 0. The second-order valence-corrected chi connectivity index (χ2v) is 3.34. The lowest BCUT2D eigenvalue weighted by atomic mass is 10.2. The fourth-order valence-corrected chi connectivity index (χ4v) is 1.12. The monoisotopic (exact) mass is 216 g/mol. The first kappa shape index (κ1) is 12.1. The molecule has 1 aliphatic rings. The van der Waals surface area contributed by atoms with Crippen LogP contribution in [0, 0.1) is 0 Å². The first-order valence-electron chi connectivity index (χ1n) is 5.18. The lowest BCUT2D eigenvalue weighted by molar-refractivity contribution is -0.112. The second kappa shape index (κ2) is 7.35. The number of hydrogen-bond donors (Lipinski definition) is 0. The fourth-order valence-electron chi connectivity index (χ4n) is 1.12. The predicted molar refractivity (Wildman–Crippen MR) is 68.0 cm³/mol. The van der Waals surface area contributed by atoms with Crippen LogP contribution in [-0.2, 0) is 4.79 Å². The van der Waals surface area contributed by atoms with Crippen molar-refractivity contribution in [2.24, 2.45) is 0 Å². The Balaban J connectivity index is 0.000000316. The molecule has 0 atom stereocenters. The summed E-state index contributed by atoms with van der Waals surface area (Å²) >= 11 is 0. The lowest BCUT2D eigenvalue weighted by Crippen LogP contribution is -1.80. The van der Waals surface area contributed by atoms with E-state index in [0.717, 1.165) is 6.42 Å². The van der Waals surface area contributed by atoms with E-state index in [-0.39, 0.29) is 7.21 Å². The summed E-state index contributed by atoms with van der Waals surface area (Å²) in [6.45, 7) is 1.56. The van der Waals surface area contributed by atoms with Gasteiger partial charge in [0.15, 0.2) is 5.78 Å². The number of aromatic nitrogens is 1. The molecule has 1 aromatic heterocycles. The van der Waals surface area contributed by atoms with Crippen molar-refractivity contribution in [3.05, 3.63) is 66.5 Å². The molecule has 0 unspecified atom stereocenters. The van der Waals surface area contributed by atoms with Crippen molar-refractivity contribution < 1.29 is 6.22 Å². The van der Waals surface area contributed by atoms with Gasteiger partial charge in [-0.15, -0.1) is 0 Å². The highest BCUT2D eigenvalue weighted by Gasteiger charge is 1.92. The highest BCUT2D eigenvalue weighted by Crippen LogP contribution is 2.10. The number of ketones is 1. The van der Waals surface area contributed by atoms with Crippen molar-refractivity contribution in [1.29, 1.82) is 0 Å². The summed E-state index contributed by atoms with van der Waals surface area (Å²) < 4.78 is 0. The van der Waals surface area contributed by atoms with Crippen molar-refractivity contribution >= 4 is 5.78 Å². The quantitative estimate of drug-likeness (QED) is 0.710. The summed E-state index contributed by atoms with van der Waals surface area (Å²) in [7, 11) is 0. The van der Waals surface area contributed by atoms with Crippen LogP contribution in [0.5, 0.6) is 0 Å². The summed E-state index contributed by atoms with van der Waals surface area (Å²) in [5.41, 5.74) is 1.20. The van der Waals surface area contributed by atoms with Gasteiger partial charge in [-0.3, -0.25) is 9.78 Å². The van der Waals surface area contributed by atoms with Crippen molar-refractivity contribution in [3.8, 4) is 0 Å². The van der Waals surface area contributed by atoms with Gasteiger partial charge < -0.3 is 0 Å². The molecule has 1 aliphatic carbocycles. The molecule has 2 heteroatoms. The third-order valence-electron chi connectivity index (χ3n) is 1.90. The Hall–Kier alpha value is -1.96. The number of pyridine rings is 1. The Bertz CT molecular complexity index is 381. The minimum Gasteiger partial charge on any atom is -0.295 e. The zero-order chi connectivity index (χ0) is 11.6. The highest BCUT2D eigenvalue weighted by molar-refractivity contribution is 5.87. The minimum absolute atomic E-state index is 0. The van der Waals surface area contributed by atoms with Gasteiger partial charge in [-0.05, 0) is 37.1 Å². The molecule has 2 rings (SSSR count). The first-order chi connectivity index (χ1) is 7.79. The van der Waals surface area contributed by atoms with Gasteiger partial charge in [0.05, 0.1) is 0 Å². The number of carbonyl (C=O) groups is 1.